The molecule has 0 bridgehead atoms. The lowest BCUT2D eigenvalue weighted by molar-refractivity contribution is 0.669. The van der Waals surface area contributed by atoms with Gasteiger partial charge in [-0.05, 0) is 83.8 Å². The van der Waals surface area contributed by atoms with Crippen LogP contribution >= 0.6 is 0 Å². The Kier molecular flexibility index (Phi) is 2.70. The van der Waals surface area contributed by atoms with Gasteiger partial charge in [0.15, 0.2) is 0 Å². The first-order valence-electron chi connectivity index (χ1n) is 22.3. The second-order valence-corrected chi connectivity index (χ2v) is 9.85. The first-order chi connectivity index (χ1) is 28.8. The molecule has 0 amide bonds. The van der Waals surface area contributed by atoms with Gasteiger partial charge in [0.05, 0.1) is 24.7 Å². The molecule has 0 aliphatic carbocycles. The normalized spacial score (nSPS) is 17.6. The maximum atomic E-state index is 9.43. The molecule has 9 aromatic rings. The minimum absolute atomic E-state index is 0.0304. The van der Waals surface area contributed by atoms with Crippen molar-refractivity contribution in [3.05, 3.63) is 157 Å². The zero-order chi connectivity index (χ0) is 44.0. The summed E-state index contributed by atoms with van der Waals surface area (Å²) in [5.41, 5.74) is -1.21. The molecule has 0 atom stereocenters. The van der Waals surface area contributed by atoms with Crippen LogP contribution in [0.5, 0.6) is 0 Å². The Hall–Kier alpha value is -5.66. The molecule has 0 saturated carbocycles. The SMILES string of the molecule is [2H]c1c([2H])c([2H])c(-c2c([2H])c([2H])c3c(oc4c([2H])c([2H])c([2H])c(-c5c6ccccc6c(-c6c([2H])c([2H])c([2H])c7c([2H])c([2H])c([2H])c([2H])c67)c6ccccc56)c43)c2[2H])c([2H])c1[2H]. The van der Waals surface area contributed by atoms with Crippen LogP contribution in [0.4, 0.5) is 0 Å². The topological polar surface area (TPSA) is 13.1 Å². The highest BCUT2D eigenvalue weighted by Gasteiger charge is 2.21. The molecule has 8 aromatic carbocycles. The average Bonchev–Trinajstić information content (AvgIpc) is 3.66. The highest BCUT2D eigenvalue weighted by Crippen LogP contribution is 2.48. The Balaban J connectivity index is 1.49. The quantitative estimate of drug-likeness (QED) is 0.195. The van der Waals surface area contributed by atoms with Crippen molar-refractivity contribution in [2.45, 2.75) is 0 Å². The van der Waals surface area contributed by atoms with Crippen molar-refractivity contribution in [2.24, 2.45) is 0 Å². The van der Waals surface area contributed by atoms with Crippen LogP contribution in [0.1, 0.15) is 24.7 Å². The minimum atomic E-state index is -0.720. The summed E-state index contributed by atoms with van der Waals surface area (Å²) in [6.45, 7) is 0. The van der Waals surface area contributed by atoms with Gasteiger partial charge in [0.25, 0.3) is 0 Å². The van der Waals surface area contributed by atoms with Crippen LogP contribution in [-0.2, 0) is 0 Å². The lowest BCUT2D eigenvalue weighted by Gasteiger charge is -2.19. The van der Waals surface area contributed by atoms with Crippen molar-refractivity contribution >= 4 is 54.3 Å². The van der Waals surface area contributed by atoms with Crippen LogP contribution in [0, 0.1) is 0 Å². The molecule has 1 aromatic heterocycles. The second-order valence-electron chi connectivity index (χ2n) is 9.85. The third kappa shape index (κ3) is 3.65. The van der Waals surface area contributed by atoms with Gasteiger partial charge in [0.2, 0.25) is 0 Å². The van der Waals surface area contributed by atoms with Crippen molar-refractivity contribution in [3.63, 3.8) is 0 Å². The summed E-state index contributed by atoms with van der Waals surface area (Å²) in [4.78, 5) is 0. The van der Waals surface area contributed by atoms with Crippen molar-refractivity contribution in [1.82, 2.24) is 0 Å². The molecule has 0 aliphatic heterocycles. The maximum Gasteiger partial charge on any atom is 0.136 e. The third-order valence-electron chi connectivity index (χ3n) is 7.57. The molecule has 1 heterocycles. The van der Waals surface area contributed by atoms with Crippen LogP contribution in [0.15, 0.2) is 162 Å². The number of rotatable bonds is 3. The van der Waals surface area contributed by atoms with Crippen LogP contribution in [0.2, 0.25) is 0 Å². The van der Waals surface area contributed by atoms with Gasteiger partial charge in [0, 0.05) is 10.8 Å². The van der Waals surface area contributed by atoms with E-state index in [0.717, 1.165) is 0 Å². The molecule has 1 nitrogen and oxygen atoms in total. The average molecular weight is 565 g/mol. The molecule has 0 saturated heterocycles. The van der Waals surface area contributed by atoms with E-state index in [-0.39, 0.29) is 55.0 Å². The second kappa shape index (κ2) is 9.44. The first-order valence-corrected chi connectivity index (χ1v) is 13.3. The number of fused-ring (bicyclic) bond motifs is 6. The van der Waals surface area contributed by atoms with Gasteiger partial charge in [-0.1, -0.05) is 139 Å². The van der Waals surface area contributed by atoms with E-state index in [2.05, 4.69) is 0 Å². The fourth-order valence-electron chi connectivity index (χ4n) is 5.80. The van der Waals surface area contributed by atoms with E-state index < -0.39 is 120 Å². The van der Waals surface area contributed by atoms with Gasteiger partial charge in [-0.3, -0.25) is 0 Å². The van der Waals surface area contributed by atoms with Crippen molar-refractivity contribution in [3.8, 4) is 33.4 Å². The summed E-state index contributed by atoms with van der Waals surface area (Å²) in [7, 11) is 0. The molecule has 0 aliphatic rings. The first kappa shape index (κ1) is 12.3. The summed E-state index contributed by atoms with van der Waals surface area (Å²) in [6, 6.07) is 2.46. The summed E-state index contributed by atoms with van der Waals surface area (Å²) >= 11 is 0. The predicted octanol–water partition coefficient (Wildman–Crippen LogP) is 12.0. The summed E-state index contributed by atoms with van der Waals surface area (Å²) in [5.74, 6) is 0. The number of hydrogen-bond acceptors (Lipinski definition) is 1. The van der Waals surface area contributed by atoms with Gasteiger partial charge >= 0.3 is 0 Å². The van der Waals surface area contributed by atoms with Crippen molar-refractivity contribution in [1.29, 1.82) is 0 Å². The Labute approximate surface area is 274 Å². The predicted molar refractivity (Wildman–Crippen MR) is 183 cm³/mol. The lowest BCUT2D eigenvalue weighted by atomic mass is 9.84. The molecule has 0 radical (unpaired) electrons. The smallest absolute Gasteiger partial charge is 0.136 e. The minimum Gasteiger partial charge on any atom is -0.456 e. The van der Waals surface area contributed by atoms with E-state index in [0.29, 0.717) is 21.5 Å². The maximum absolute atomic E-state index is 9.43. The van der Waals surface area contributed by atoms with E-state index in [4.69, 9.17) is 23.6 Å². The van der Waals surface area contributed by atoms with Crippen LogP contribution < -0.4 is 0 Å². The fourth-order valence-corrected chi connectivity index (χ4v) is 5.80. The number of benzene rings is 8. The summed E-state index contributed by atoms with van der Waals surface area (Å²) in [5, 5.41) is 0.818. The Morgan fingerprint density at radius 3 is 1.77 bits per heavy atom. The molecule has 0 spiro atoms. The van der Waals surface area contributed by atoms with Crippen LogP contribution in [0.3, 0.4) is 0 Å². The van der Waals surface area contributed by atoms with Gasteiger partial charge in [-0.15, -0.1) is 0 Å². The van der Waals surface area contributed by atoms with E-state index in [1.165, 1.54) is 0 Å². The molecular formula is C42H26O. The van der Waals surface area contributed by atoms with Gasteiger partial charge in [-0.25, -0.2) is 0 Å². The number of hydrogen-bond donors (Lipinski definition) is 0. The molecule has 0 N–H and O–H groups in total. The van der Waals surface area contributed by atoms with E-state index >= 15 is 0 Å². The molecule has 0 unspecified atom stereocenters. The lowest BCUT2D eigenvalue weighted by Crippen LogP contribution is -1.92. The molecular weight excluding hydrogens is 520 g/mol. The molecule has 200 valence electrons. The van der Waals surface area contributed by atoms with E-state index in [1.54, 1.807) is 48.5 Å². The Bertz CT molecular complexity index is 3420. The van der Waals surface area contributed by atoms with Crippen LogP contribution in [0.25, 0.3) is 87.6 Å². The van der Waals surface area contributed by atoms with Crippen LogP contribution in [-0.4, -0.2) is 0 Å². The molecule has 0 fully saturated rings. The standard InChI is InChI=1S/C42H26O/c1-2-12-27(13-3-1)29-24-25-36-39(26-29)43-38-23-11-22-37(42(36)38)41-34-19-8-6-17-32(34)40(33-18-7-9-20-35(33)41)31-21-10-15-28-14-4-5-16-30(28)31/h1-26H/i1D,2D,3D,4D,5D,10D,11D,12D,13D,14D,15D,16D,21D,22D,23D,24D,25D,26D. The highest BCUT2D eigenvalue weighted by atomic mass is 16.3. The summed E-state index contributed by atoms with van der Waals surface area (Å²) in [6.07, 6.45) is 0. The zero-order valence-electron chi connectivity index (χ0n) is 40.0. The molecule has 1 heteroatoms. The van der Waals surface area contributed by atoms with Gasteiger partial charge in [0.1, 0.15) is 11.2 Å². The van der Waals surface area contributed by atoms with Crippen molar-refractivity contribution in [2.75, 3.05) is 0 Å². The van der Waals surface area contributed by atoms with Gasteiger partial charge in [-0.2, -0.15) is 0 Å². The molecule has 43 heavy (non-hydrogen) atoms. The van der Waals surface area contributed by atoms with Gasteiger partial charge < -0.3 is 4.42 Å². The van der Waals surface area contributed by atoms with E-state index in [1.807, 2.05) is 0 Å². The zero-order valence-corrected chi connectivity index (χ0v) is 22.0. The monoisotopic (exact) mass is 564 g/mol. The summed E-state index contributed by atoms with van der Waals surface area (Å²) < 4.78 is 164. The molecule has 9 rings (SSSR count). The fraction of sp³-hybridized carbons (Fsp3) is 0. The third-order valence-corrected chi connectivity index (χ3v) is 7.57. The van der Waals surface area contributed by atoms with E-state index in [9.17, 15) is 5.48 Å². The Morgan fingerprint density at radius 2 is 1.02 bits per heavy atom. The highest BCUT2D eigenvalue weighted by molar-refractivity contribution is 6.27. The largest absolute Gasteiger partial charge is 0.456 e. The Morgan fingerprint density at radius 1 is 0.419 bits per heavy atom. The number of furan rings is 1. The van der Waals surface area contributed by atoms with Crippen molar-refractivity contribution < 1.29 is 29.1 Å².